The van der Waals surface area contributed by atoms with Gasteiger partial charge in [-0.15, -0.1) is 0 Å². The first kappa shape index (κ1) is 15.1. The van der Waals surface area contributed by atoms with Crippen LogP contribution >= 0.6 is 7.60 Å². The van der Waals surface area contributed by atoms with Crippen molar-refractivity contribution in [2.24, 2.45) is 5.92 Å². The number of hydrogen-bond acceptors (Lipinski definition) is 5. The third-order valence-corrected chi connectivity index (χ3v) is 4.98. The van der Waals surface area contributed by atoms with Crippen LogP contribution in [0.15, 0.2) is 0 Å². The van der Waals surface area contributed by atoms with Crippen molar-refractivity contribution in [3.63, 3.8) is 0 Å². The Morgan fingerprint density at radius 2 is 1.56 bits per heavy atom. The largest absolute Gasteiger partial charge is 0.365 e. The molecule has 0 aliphatic rings. The molecule has 0 aliphatic heterocycles. The Balaban J connectivity index is 5.56. The van der Waals surface area contributed by atoms with E-state index in [0.717, 1.165) is 0 Å². The van der Waals surface area contributed by atoms with Gasteiger partial charge in [0.15, 0.2) is 0 Å². The molecule has 90 valence electrons. The molecule has 0 radical (unpaired) electrons. The highest BCUT2D eigenvalue weighted by Crippen LogP contribution is 2.62. The minimum absolute atomic E-state index is 0.134. The third kappa shape index (κ3) is 2.44. The highest BCUT2D eigenvalue weighted by molar-refractivity contribution is 7.56. The molecule has 0 unspecified atom stereocenters. The summed E-state index contributed by atoms with van der Waals surface area (Å²) in [5.74, 6) is -0.438. The van der Waals surface area contributed by atoms with Crippen molar-refractivity contribution in [2.75, 3.05) is 13.2 Å². The Kier molecular flexibility index (Phi) is 5.68. The van der Waals surface area contributed by atoms with Gasteiger partial charge in [0, 0.05) is 0 Å². The SMILES string of the molecule is CCOP(=O)(OCC)C(C#N)(C#N)C(C)C. The summed E-state index contributed by atoms with van der Waals surface area (Å²) in [4.78, 5) is 0. The molecule has 0 heterocycles. The van der Waals surface area contributed by atoms with Gasteiger partial charge in [-0.25, -0.2) is 0 Å². The lowest BCUT2D eigenvalue weighted by Crippen LogP contribution is -2.33. The molecule has 0 N–H and O–H groups in total. The maximum absolute atomic E-state index is 12.4. The predicted octanol–water partition coefficient (Wildman–Crippen LogP) is 2.69. The summed E-state index contributed by atoms with van der Waals surface area (Å²) in [6.45, 7) is 6.86. The van der Waals surface area contributed by atoms with Crippen LogP contribution < -0.4 is 0 Å². The van der Waals surface area contributed by atoms with Crippen molar-refractivity contribution in [3.05, 3.63) is 0 Å². The molecule has 0 rings (SSSR count). The number of nitrogens with zero attached hydrogens (tertiary/aromatic N) is 2. The summed E-state index contributed by atoms with van der Waals surface area (Å²) in [7, 11) is -3.74. The van der Waals surface area contributed by atoms with E-state index in [2.05, 4.69) is 0 Å². The molecule has 0 bridgehead atoms. The summed E-state index contributed by atoms with van der Waals surface area (Å²) in [5.41, 5.74) is 0. The molecule has 0 aromatic rings. The van der Waals surface area contributed by atoms with Crippen molar-refractivity contribution in [2.45, 2.75) is 32.9 Å². The molecule has 0 fully saturated rings. The molecular weight excluding hydrogens is 227 g/mol. The predicted molar refractivity (Wildman–Crippen MR) is 59.7 cm³/mol. The second-order valence-electron chi connectivity index (χ2n) is 3.48. The standard InChI is InChI=1S/C10H17N2O3P/c1-5-14-16(13,15-6-2)10(7-11,8-12)9(3)4/h9H,5-6H2,1-4H3. The van der Waals surface area contributed by atoms with Gasteiger partial charge in [-0.05, 0) is 19.8 Å². The van der Waals surface area contributed by atoms with Crippen LogP contribution in [-0.4, -0.2) is 18.4 Å². The molecule has 5 nitrogen and oxygen atoms in total. The van der Waals surface area contributed by atoms with Crippen LogP contribution in [0.4, 0.5) is 0 Å². The fourth-order valence-corrected chi connectivity index (χ4v) is 3.34. The van der Waals surface area contributed by atoms with E-state index in [1.54, 1.807) is 39.8 Å². The maximum Gasteiger partial charge on any atom is 0.365 e. The summed E-state index contributed by atoms with van der Waals surface area (Å²) in [6.07, 6.45) is 0. The second-order valence-corrected chi connectivity index (χ2v) is 5.69. The first-order chi connectivity index (χ1) is 7.44. The van der Waals surface area contributed by atoms with Gasteiger partial charge < -0.3 is 9.05 Å². The van der Waals surface area contributed by atoms with Crippen LogP contribution in [0.5, 0.6) is 0 Å². The van der Waals surface area contributed by atoms with Gasteiger partial charge in [0.1, 0.15) is 0 Å². The lowest BCUT2D eigenvalue weighted by molar-refractivity contribution is 0.203. The molecule has 0 saturated heterocycles. The Morgan fingerprint density at radius 3 is 1.75 bits per heavy atom. The fourth-order valence-electron chi connectivity index (χ4n) is 1.30. The number of rotatable bonds is 6. The average Bonchev–Trinajstić information content (AvgIpc) is 2.20. The molecule has 0 aromatic carbocycles. The molecule has 6 heteroatoms. The number of nitriles is 2. The Morgan fingerprint density at radius 1 is 1.19 bits per heavy atom. The van der Waals surface area contributed by atoms with E-state index in [4.69, 9.17) is 19.6 Å². The van der Waals surface area contributed by atoms with E-state index in [9.17, 15) is 4.57 Å². The van der Waals surface area contributed by atoms with Crippen LogP contribution in [0.2, 0.25) is 0 Å². The summed E-state index contributed by atoms with van der Waals surface area (Å²) in [6, 6.07) is 3.60. The molecule has 0 spiro atoms. The van der Waals surface area contributed by atoms with Crippen molar-refractivity contribution in [1.82, 2.24) is 0 Å². The molecule has 0 aromatic heterocycles. The van der Waals surface area contributed by atoms with Crippen LogP contribution in [0.3, 0.4) is 0 Å². The van der Waals surface area contributed by atoms with Crippen molar-refractivity contribution in [1.29, 1.82) is 10.5 Å². The van der Waals surface area contributed by atoms with Crippen molar-refractivity contribution >= 4 is 7.60 Å². The molecule has 16 heavy (non-hydrogen) atoms. The maximum atomic E-state index is 12.4. The number of hydrogen-bond donors (Lipinski definition) is 0. The van der Waals surface area contributed by atoms with Crippen LogP contribution in [-0.2, 0) is 13.6 Å². The first-order valence-electron chi connectivity index (χ1n) is 5.15. The fraction of sp³-hybridized carbons (Fsp3) is 0.800. The van der Waals surface area contributed by atoms with E-state index in [-0.39, 0.29) is 13.2 Å². The summed E-state index contributed by atoms with van der Waals surface area (Å²) >= 11 is 0. The first-order valence-corrected chi connectivity index (χ1v) is 6.70. The quantitative estimate of drug-likeness (QED) is 0.671. The van der Waals surface area contributed by atoms with Gasteiger partial charge >= 0.3 is 7.60 Å². The highest BCUT2D eigenvalue weighted by Gasteiger charge is 2.55. The zero-order chi connectivity index (χ0) is 12.8. The van der Waals surface area contributed by atoms with Crippen LogP contribution in [0, 0.1) is 28.6 Å². The van der Waals surface area contributed by atoms with E-state index < -0.39 is 18.7 Å². The monoisotopic (exact) mass is 244 g/mol. The normalized spacial score (nSPS) is 12.2. The molecule has 0 atom stereocenters. The van der Waals surface area contributed by atoms with Gasteiger partial charge in [-0.3, -0.25) is 4.57 Å². The highest BCUT2D eigenvalue weighted by atomic mass is 31.2. The molecule has 0 aliphatic carbocycles. The summed E-state index contributed by atoms with van der Waals surface area (Å²) in [5, 5.41) is 16.5. The minimum Gasteiger partial charge on any atom is -0.307 e. The Hall–Kier alpha value is -0.870. The lowest BCUT2D eigenvalue weighted by Gasteiger charge is -2.30. The van der Waals surface area contributed by atoms with Crippen molar-refractivity contribution in [3.8, 4) is 12.1 Å². The smallest absolute Gasteiger partial charge is 0.307 e. The zero-order valence-electron chi connectivity index (χ0n) is 10.1. The third-order valence-electron chi connectivity index (χ3n) is 2.21. The summed E-state index contributed by atoms with van der Waals surface area (Å²) < 4.78 is 22.6. The zero-order valence-corrected chi connectivity index (χ0v) is 11.0. The van der Waals surface area contributed by atoms with Gasteiger partial charge in [0.2, 0.25) is 5.16 Å². The van der Waals surface area contributed by atoms with Gasteiger partial charge in [-0.1, -0.05) is 13.8 Å². The van der Waals surface area contributed by atoms with E-state index in [0.29, 0.717) is 0 Å². The van der Waals surface area contributed by atoms with Gasteiger partial charge in [0.25, 0.3) is 0 Å². The Bertz CT molecular complexity index is 330. The minimum atomic E-state index is -3.74. The average molecular weight is 244 g/mol. The van der Waals surface area contributed by atoms with Gasteiger partial charge in [0.05, 0.1) is 25.4 Å². The molecule has 0 saturated carbocycles. The van der Waals surface area contributed by atoms with Crippen molar-refractivity contribution < 1.29 is 13.6 Å². The van der Waals surface area contributed by atoms with Crippen LogP contribution in [0.25, 0.3) is 0 Å². The van der Waals surface area contributed by atoms with E-state index >= 15 is 0 Å². The second kappa shape index (κ2) is 6.01. The Labute approximate surface area is 96.5 Å². The van der Waals surface area contributed by atoms with E-state index in [1.165, 1.54) is 0 Å². The van der Waals surface area contributed by atoms with Gasteiger partial charge in [-0.2, -0.15) is 10.5 Å². The van der Waals surface area contributed by atoms with Crippen LogP contribution in [0.1, 0.15) is 27.7 Å². The molecule has 0 amide bonds. The lowest BCUT2D eigenvalue weighted by atomic mass is 9.98. The van der Waals surface area contributed by atoms with E-state index in [1.807, 2.05) is 0 Å². The molecular formula is C10H17N2O3P. The topological polar surface area (TPSA) is 83.1 Å².